The van der Waals surface area contributed by atoms with E-state index in [4.69, 9.17) is 4.42 Å². The van der Waals surface area contributed by atoms with Gasteiger partial charge in [-0.2, -0.15) is 4.31 Å². The number of carbonyl (C=O) groups is 1. The lowest BCUT2D eigenvalue weighted by atomic mass is 10.2. The second-order valence-corrected chi connectivity index (χ2v) is 10.4. The first-order valence-electron chi connectivity index (χ1n) is 9.57. The van der Waals surface area contributed by atoms with Crippen LogP contribution < -0.4 is 5.32 Å². The molecule has 0 spiro atoms. The van der Waals surface area contributed by atoms with E-state index >= 15 is 0 Å². The SMILES string of the molecule is C[C@H]1CSc2ccc(S(=O)(=O)N(Cc3ccco3)C3CCCC3)cc2NC1=O. The Kier molecular flexibility index (Phi) is 5.53. The number of hydrogen-bond donors (Lipinski definition) is 1. The van der Waals surface area contributed by atoms with Crippen molar-refractivity contribution < 1.29 is 17.6 Å². The molecule has 1 atom stereocenters. The summed E-state index contributed by atoms with van der Waals surface area (Å²) in [6.07, 6.45) is 5.34. The zero-order valence-electron chi connectivity index (χ0n) is 15.8. The summed E-state index contributed by atoms with van der Waals surface area (Å²) in [4.78, 5) is 13.3. The number of furan rings is 1. The van der Waals surface area contributed by atoms with E-state index < -0.39 is 10.0 Å². The Bertz CT molecular complexity index is 951. The Morgan fingerprint density at radius 2 is 2.04 bits per heavy atom. The topological polar surface area (TPSA) is 79.6 Å². The highest BCUT2D eigenvalue weighted by Crippen LogP contribution is 2.36. The predicted octanol–water partition coefficient (Wildman–Crippen LogP) is 4.09. The lowest BCUT2D eigenvalue weighted by molar-refractivity contribution is -0.118. The average Bonchev–Trinajstić information content (AvgIpc) is 3.36. The molecule has 1 fully saturated rings. The molecular formula is C20H24N2O4S2. The van der Waals surface area contributed by atoms with Gasteiger partial charge in [0.25, 0.3) is 0 Å². The number of amides is 1. The minimum absolute atomic E-state index is 0.0297. The van der Waals surface area contributed by atoms with Crippen LogP contribution in [0.1, 0.15) is 38.4 Å². The molecule has 1 aromatic carbocycles. The van der Waals surface area contributed by atoms with Crippen LogP contribution >= 0.6 is 11.8 Å². The van der Waals surface area contributed by atoms with E-state index in [0.29, 0.717) is 17.2 Å². The summed E-state index contributed by atoms with van der Waals surface area (Å²) < 4.78 is 34.0. The molecule has 0 radical (unpaired) electrons. The van der Waals surface area contributed by atoms with Crippen LogP contribution in [0.5, 0.6) is 0 Å². The highest BCUT2D eigenvalue weighted by molar-refractivity contribution is 7.99. The zero-order valence-corrected chi connectivity index (χ0v) is 17.4. The van der Waals surface area contributed by atoms with Gasteiger partial charge in [0, 0.05) is 22.6 Å². The van der Waals surface area contributed by atoms with Crippen molar-refractivity contribution in [3.8, 4) is 0 Å². The molecule has 0 unspecified atom stereocenters. The summed E-state index contributed by atoms with van der Waals surface area (Å²) in [5, 5.41) is 2.88. The van der Waals surface area contributed by atoms with Crippen LogP contribution in [0.15, 0.2) is 50.8 Å². The number of nitrogens with zero attached hydrogens (tertiary/aromatic N) is 1. The Hall–Kier alpha value is -1.77. The van der Waals surface area contributed by atoms with Crippen molar-refractivity contribution in [1.29, 1.82) is 0 Å². The minimum Gasteiger partial charge on any atom is -0.468 e. The summed E-state index contributed by atoms with van der Waals surface area (Å²) in [6.45, 7) is 2.09. The summed E-state index contributed by atoms with van der Waals surface area (Å²) in [7, 11) is -3.72. The Balaban J connectivity index is 1.69. The lowest BCUT2D eigenvalue weighted by Gasteiger charge is -2.27. The van der Waals surface area contributed by atoms with Crippen molar-refractivity contribution >= 4 is 33.4 Å². The van der Waals surface area contributed by atoms with E-state index in [-0.39, 0.29) is 29.3 Å². The van der Waals surface area contributed by atoms with Gasteiger partial charge in [-0.15, -0.1) is 11.8 Å². The number of sulfonamides is 1. The van der Waals surface area contributed by atoms with E-state index in [0.717, 1.165) is 30.6 Å². The third-order valence-electron chi connectivity index (χ3n) is 5.38. The molecule has 4 rings (SSSR count). The van der Waals surface area contributed by atoms with Gasteiger partial charge in [0.15, 0.2) is 0 Å². The summed E-state index contributed by atoms with van der Waals surface area (Å²) >= 11 is 1.57. The zero-order chi connectivity index (χ0) is 19.7. The van der Waals surface area contributed by atoms with Gasteiger partial charge in [-0.25, -0.2) is 8.42 Å². The number of thioether (sulfide) groups is 1. The average molecular weight is 421 g/mol. The van der Waals surface area contributed by atoms with Gasteiger partial charge in [0.1, 0.15) is 5.76 Å². The monoisotopic (exact) mass is 420 g/mol. The smallest absolute Gasteiger partial charge is 0.243 e. The predicted molar refractivity (Wildman–Crippen MR) is 109 cm³/mol. The van der Waals surface area contributed by atoms with Crippen molar-refractivity contribution in [2.24, 2.45) is 5.92 Å². The number of hydrogen-bond acceptors (Lipinski definition) is 5. The second kappa shape index (κ2) is 7.93. The molecule has 8 heteroatoms. The van der Waals surface area contributed by atoms with Crippen molar-refractivity contribution in [3.05, 3.63) is 42.4 Å². The summed E-state index contributed by atoms with van der Waals surface area (Å²) in [6, 6.07) is 8.58. The first-order chi connectivity index (χ1) is 13.4. The third kappa shape index (κ3) is 3.86. The van der Waals surface area contributed by atoms with Gasteiger partial charge in [-0.1, -0.05) is 19.8 Å². The quantitative estimate of drug-likeness (QED) is 0.788. The Labute approximate surface area is 169 Å². The molecule has 1 aromatic heterocycles. The molecule has 1 amide bonds. The molecule has 6 nitrogen and oxygen atoms in total. The lowest BCUT2D eigenvalue weighted by Crippen LogP contribution is -2.38. The van der Waals surface area contributed by atoms with Gasteiger partial charge in [-0.3, -0.25) is 4.79 Å². The van der Waals surface area contributed by atoms with Gasteiger partial charge < -0.3 is 9.73 Å². The van der Waals surface area contributed by atoms with Crippen molar-refractivity contribution in [1.82, 2.24) is 4.31 Å². The van der Waals surface area contributed by atoms with E-state index in [1.54, 1.807) is 52.7 Å². The molecule has 2 aliphatic rings. The number of rotatable bonds is 5. The van der Waals surface area contributed by atoms with Crippen LogP contribution in [0.25, 0.3) is 0 Å². The fraction of sp³-hybridized carbons (Fsp3) is 0.450. The molecule has 0 bridgehead atoms. The molecular weight excluding hydrogens is 396 g/mol. The standard InChI is InChI=1S/C20H24N2O4S2/c1-14-13-27-19-9-8-17(11-18(19)21-20(14)23)28(24,25)22(15-5-2-3-6-15)12-16-7-4-10-26-16/h4,7-11,14-15H,2-3,5-6,12-13H2,1H3,(H,21,23)/t14-/m0/s1. The van der Waals surface area contributed by atoms with Gasteiger partial charge in [-0.05, 0) is 43.2 Å². The molecule has 1 aliphatic carbocycles. The highest BCUT2D eigenvalue weighted by Gasteiger charge is 2.34. The van der Waals surface area contributed by atoms with E-state index in [2.05, 4.69) is 5.32 Å². The van der Waals surface area contributed by atoms with Crippen LogP contribution in [-0.2, 0) is 21.4 Å². The van der Waals surface area contributed by atoms with Crippen molar-refractivity contribution in [2.75, 3.05) is 11.1 Å². The first-order valence-corrected chi connectivity index (χ1v) is 12.0. The fourth-order valence-corrected chi connectivity index (χ4v) is 6.42. The maximum atomic E-state index is 13.5. The fourth-order valence-electron chi connectivity index (χ4n) is 3.73. The summed E-state index contributed by atoms with van der Waals surface area (Å²) in [5.41, 5.74) is 0.574. The molecule has 1 aliphatic heterocycles. The van der Waals surface area contributed by atoms with Crippen LogP contribution in [-0.4, -0.2) is 30.4 Å². The first kappa shape index (κ1) is 19.5. The minimum atomic E-state index is -3.72. The molecule has 1 N–H and O–H groups in total. The maximum Gasteiger partial charge on any atom is 0.243 e. The molecule has 150 valence electrons. The number of carbonyl (C=O) groups excluding carboxylic acids is 1. The van der Waals surface area contributed by atoms with Crippen LogP contribution in [0.4, 0.5) is 5.69 Å². The van der Waals surface area contributed by atoms with E-state index in [1.807, 2.05) is 6.92 Å². The van der Waals surface area contributed by atoms with Gasteiger partial charge in [0.2, 0.25) is 15.9 Å². The van der Waals surface area contributed by atoms with E-state index in [9.17, 15) is 13.2 Å². The normalized spacial score (nSPS) is 20.8. The molecule has 2 aromatic rings. The molecule has 0 saturated heterocycles. The van der Waals surface area contributed by atoms with Crippen molar-refractivity contribution in [2.45, 2.75) is 55.0 Å². The largest absolute Gasteiger partial charge is 0.468 e. The Morgan fingerprint density at radius 1 is 1.25 bits per heavy atom. The summed E-state index contributed by atoms with van der Waals surface area (Å²) in [5.74, 6) is 1.11. The molecule has 1 saturated carbocycles. The van der Waals surface area contributed by atoms with Crippen LogP contribution in [0.2, 0.25) is 0 Å². The van der Waals surface area contributed by atoms with Crippen molar-refractivity contribution in [3.63, 3.8) is 0 Å². The number of benzene rings is 1. The highest BCUT2D eigenvalue weighted by atomic mass is 32.2. The number of anilines is 1. The number of nitrogens with one attached hydrogen (secondary N) is 1. The Morgan fingerprint density at radius 3 is 2.75 bits per heavy atom. The molecule has 2 heterocycles. The van der Waals surface area contributed by atoms with Crippen LogP contribution in [0.3, 0.4) is 0 Å². The van der Waals surface area contributed by atoms with Gasteiger partial charge >= 0.3 is 0 Å². The maximum absolute atomic E-state index is 13.5. The third-order valence-corrected chi connectivity index (χ3v) is 8.60. The van der Waals surface area contributed by atoms with E-state index in [1.165, 1.54) is 0 Å². The second-order valence-electron chi connectivity index (χ2n) is 7.43. The number of fused-ring (bicyclic) bond motifs is 1. The van der Waals surface area contributed by atoms with Crippen LogP contribution in [0, 0.1) is 5.92 Å². The van der Waals surface area contributed by atoms with Gasteiger partial charge in [0.05, 0.1) is 23.4 Å². The molecule has 28 heavy (non-hydrogen) atoms.